The van der Waals surface area contributed by atoms with Gasteiger partial charge in [0.05, 0.1) is 31.2 Å². The van der Waals surface area contributed by atoms with Gasteiger partial charge in [-0.25, -0.2) is 9.97 Å². The van der Waals surface area contributed by atoms with Crippen LogP contribution in [0.3, 0.4) is 0 Å². The van der Waals surface area contributed by atoms with Crippen LogP contribution < -0.4 is 18.9 Å². The van der Waals surface area contributed by atoms with Gasteiger partial charge in [-0.3, -0.25) is 0 Å². The van der Waals surface area contributed by atoms with Crippen molar-refractivity contribution in [3.05, 3.63) is 42.7 Å². The molecule has 0 N–H and O–H groups in total. The zero-order valence-corrected chi connectivity index (χ0v) is 16.7. The van der Waals surface area contributed by atoms with E-state index in [1.54, 1.807) is 27.4 Å². The average molecular weight is 400 g/mol. The van der Waals surface area contributed by atoms with E-state index < -0.39 is 0 Å². The fourth-order valence-corrected chi connectivity index (χ4v) is 2.57. The molecule has 0 saturated heterocycles. The maximum atomic E-state index is 5.96. The van der Waals surface area contributed by atoms with Gasteiger partial charge in [0.1, 0.15) is 31.0 Å². The highest BCUT2D eigenvalue weighted by Crippen LogP contribution is 2.36. The van der Waals surface area contributed by atoms with Gasteiger partial charge in [0.25, 0.3) is 0 Å². The summed E-state index contributed by atoms with van der Waals surface area (Å²) in [7, 11) is 4.86. The first-order valence-corrected chi connectivity index (χ1v) is 9.09. The molecule has 8 nitrogen and oxygen atoms in total. The van der Waals surface area contributed by atoms with Gasteiger partial charge in [-0.05, 0) is 30.3 Å². The SMILES string of the molecule is COCCOc1cc2ncnc(Oc3ccc(OC)cc3)c2cc1OCCOC. The molecule has 0 amide bonds. The number of hydrogen-bond donors (Lipinski definition) is 0. The Kier molecular flexibility index (Phi) is 7.43. The lowest BCUT2D eigenvalue weighted by Gasteiger charge is -2.15. The molecule has 0 fully saturated rings. The molecule has 1 aromatic heterocycles. The zero-order chi connectivity index (χ0) is 20.5. The second kappa shape index (κ2) is 10.4. The van der Waals surface area contributed by atoms with E-state index in [4.69, 9.17) is 28.4 Å². The molecule has 3 aromatic rings. The molecule has 0 radical (unpaired) electrons. The zero-order valence-electron chi connectivity index (χ0n) is 16.7. The summed E-state index contributed by atoms with van der Waals surface area (Å²) in [5, 5.41) is 0.704. The van der Waals surface area contributed by atoms with Crippen molar-refractivity contribution in [3.8, 4) is 28.9 Å². The molecule has 0 atom stereocenters. The van der Waals surface area contributed by atoms with Crippen LogP contribution in [-0.4, -0.2) is 57.7 Å². The smallest absolute Gasteiger partial charge is 0.230 e. The van der Waals surface area contributed by atoms with Gasteiger partial charge in [-0.1, -0.05) is 0 Å². The van der Waals surface area contributed by atoms with Crippen molar-refractivity contribution >= 4 is 10.9 Å². The summed E-state index contributed by atoms with van der Waals surface area (Å²) < 4.78 is 32.9. The fourth-order valence-electron chi connectivity index (χ4n) is 2.57. The van der Waals surface area contributed by atoms with Crippen LogP contribution in [0.5, 0.6) is 28.9 Å². The lowest BCUT2D eigenvalue weighted by Crippen LogP contribution is -2.08. The standard InChI is InChI=1S/C21H24N2O6/c1-24-8-10-27-19-12-17-18(13-20(19)28-11-9-25-2)22-14-23-21(17)29-16-6-4-15(26-3)5-7-16/h4-7,12-14H,8-11H2,1-3H3. The summed E-state index contributed by atoms with van der Waals surface area (Å²) in [6, 6.07) is 10.9. The van der Waals surface area contributed by atoms with Crippen molar-refractivity contribution < 1.29 is 28.4 Å². The first-order chi connectivity index (χ1) is 14.2. The largest absolute Gasteiger partial charge is 0.497 e. The molecule has 154 valence electrons. The minimum Gasteiger partial charge on any atom is -0.497 e. The molecule has 2 aromatic carbocycles. The third kappa shape index (κ3) is 5.46. The monoisotopic (exact) mass is 400 g/mol. The number of benzene rings is 2. The molecule has 1 heterocycles. The number of methoxy groups -OCH3 is 3. The summed E-state index contributed by atoms with van der Waals surface area (Å²) in [5.74, 6) is 2.92. The second-order valence-electron chi connectivity index (χ2n) is 5.96. The van der Waals surface area contributed by atoms with E-state index >= 15 is 0 Å². The lowest BCUT2D eigenvalue weighted by molar-refractivity contribution is 0.132. The molecular formula is C21H24N2O6. The molecule has 0 unspecified atom stereocenters. The quantitative estimate of drug-likeness (QED) is 0.453. The maximum Gasteiger partial charge on any atom is 0.230 e. The molecule has 0 aliphatic carbocycles. The van der Waals surface area contributed by atoms with Gasteiger partial charge in [-0.15, -0.1) is 0 Å². The molecule has 0 aliphatic rings. The highest BCUT2D eigenvalue weighted by atomic mass is 16.5. The molecule has 0 spiro atoms. The van der Waals surface area contributed by atoms with E-state index in [1.165, 1.54) is 6.33 Å². The number of ether oxygens (including phenoxy) is 6. The van der Waals surface area contributed by atoms with Crippen molar-refractivity contribution in [2.75, 3.05) is 47.8 Å². The highest BCUT2D eigenvalue weighted by molar-refractivity contribution is 5.87. The predicted octanol–water partition coefficient (Wildman–Crippen LogP) is 3.48. The summed E-state index contributed by atoms with van der Waals surface area (Å²) >= 11 is 0. The Labute approximate surface area is 169 Å². The Morgan fingerprint density at radius 1 is 0.724 bits per heavy atom. The third-order valence-electron chi connectivity index (χ3n) is 4.03. The fraction of sp³-hybridized carbons (Fsp3) is 0.333. The molecule has 3 rings (SSSR count). The van der Waals surface area contributed by atoms with E-state index in [9.17, 15) is 0 Å². The third-order valence-corrected chi connectivity index (χ3v) is 4.03. The minimum atomic E-state index is 0.380. The van der Waals surface area contributed by atoms with Gasteiger partial charge in [0, 0.05) is 20.3 Å². The van der Waals surface area contributed by atoms with Gasteiger partial charge >= 0.3 is 0 Å². The number of nitrogens with zero attached hydrogens (tertiary/aromatic N) is 2. The Bertz CT molecular complexity index is 917. The Balaban J connectivity index is 1.92. The summed E-state index contributed by atoms with van der Waals surface area (Å²) in [6.45, 7) is 1.69. The Hall–Kier alpha value is -3.10. The number of hydrogen-bond acceptors (Lipinski definition) is 8. The van der Waals surface area contributed by atoms with E-state index in [0.717, 1.165) is 5.75 Å². The Morgan fingerprint density at radius 2 is 1.34 bits per heavy atom. The Morgan fingerprint density at radius 3 is 1.97 bits per heavy atom. The summed E-state index contributed by atoms with van der Waals surface area (Å²) in [6.07, 6.45) is 1.45. The van der Waals surface area contributed by atoms with E-state index in [1.807, 2.05) is 30.3 Å². The van der Waals surface area contributed by atoms with Crippen molar-refractivity contribution in [2.45, 2.75) is 0 Å². The molecule has 0 bridgehead atoms. The van der Waals surface area contributed by atoms with E-state index in [0.29, 0.717) is 60.5 Å². The van der Waals surface area contributed by atoms with Crippen LogP contribution in [0.4, 0.5) is 0 Å². The van der Waals surface area contributed by atoms with Crippen molar-refractivity contribution in [2.24, 2.45) is 0 Å². The first-order valence-electron chi connectivity index (χ1n) is 9.09. The lowest BCUT2D eigenvalue weighted by atomic mass is 10.2. The molecule has 8 heteroatoms. The maximum absolute atomic E-state index is 5.96. The number of rotatable bonds is 11. The molecule has 0 aliphatic heterocycles. The predicted molar refractivity (Wildman–Crippen MR) is 107 cm³/mol. The van der Waals surface area contributed by atoms with Crippen LogP contribution in [0.15, 0.2) is 42.7 Å². The van der Waals surface area contributed by atoms with Crippen molar-refractivity contribution in [1.82, 2.24) is 9.97 Å². The van der Waals surface area contributed by atoms with Gasteiger partial charge in [-0.2, -0.15) is 0 Å². The normalized spacial score (nSPS) is 10.7. The van der Waals surface area contributed by atoms with Crippen LogP contribution in [0, 0.1) is 0 Å². The van der Waals surface area contributed by atoms with Crippen LogP contribution in [0.1, 0.15) is 0 Å². The van der Waals surface area contributed by atoms with Crippen molar-refractivity contribution in [1.29, 1.82) is 0 Å². The second-order valence-corrected chi connectivity index (χ2v) is 5.96. The number of aromatic nitrogens is 2. The van der Waals surface area contributed by atoms with E-state index in [-0.39, 0.29) is 0 Å². The summed E-state index contributed by atoms with van der Waals surface area (Å²) in [4.78, 5) is 8.62. The minimum absolute atomic E-state index is 0.380. The van der Waals surface area contributed by atoms with Crippen molar-refractivity contribution in [3.63, 3.8) is 0 Å². The van der Waals surface area contributed by atoms with Gasteiger partial charge in [0.15, 0.2) is 11.5 Å². The van der Waals surface area contributed by atoms with Crippen LogP contribution in [-0.2, 0) is 9.47 Å². The molecule has 29 heavy (non-hydrogen) atoms. The van der Waals surface area contributed by atoms with Gasteiger partial charge < -0.3 is 28.4 Å². The molecule has 0 saturated carbocycles. The van der Waals surface area contributed by atoms with Gasteiger partial charge in [0.2, 0.25) is 5.88 Å². The molecular weight excluding hydrogens is 376 g/mol. The van der Waals surface area contributed by atoms with Crippen LogP contribution in [0.2, 0.25) is 0 Å². The van der Waals surface area contributed by atoms with Crippen LogP contribution in [0.25, 0.3) is 10.9 Å². The topological polar surface area (TPSA) is 81.2 Å². The number of fused-ring (bicyclic) bond motifs is 1. The van der Waals surface area contributed by atoms with Crippen LogP contribution >= 0.6 is 0 Å². The highest BCUT2D eigenvalue weighted by Gasteiger charge is 2.14. The summed E-state index contributed by atoms with van der Waals surface area (Å²) in [5.41, 5.74) is 0.676. The van der Waals surface area contributed by atoms with E-state index in [2.05, 4.69) is 9.97 Å². The first kappa shape index (κ1) is 20.6. The average Bonchev–Trinajstić information content (AvgIpc) is 2.75.